The van der Waals surface area contributed by atoms with Gasteiger partial charge in [0.25, 0.3) is 5.91 Å². The average Bonchev–Trinajstić information content (AvgIpc) is 2.47. The molecule has 0 radical (unpaired) electrons. The molecule has 1 aromatic carbocycles. The number of carbonyl (C=O) groups excluding carboxylic acids is 1. The van der Waals surface area contributed by atoms with E-state index >= 15 is 0 Å². The topological polar surface area (TPSA) is 95.5 Å². The summed E-state index contributed by atoms with van der Waals surface area (Å²) in [7, 11) is -2.17. The van der Waals surface area contributed by atoms with Crippen molar-refractivity contribution >= 4 is 27.7 Å². The fraction of sp³-hybridized carbons (Fsp3) is 0.462. The van der Waals surface area contributed by atoms with Crippen LogP contribution in [0.2, 0.25) is 0 Å². The van der Waals surface area contributed by atoms with E-state index < -0.39 is 16.1 Å². The Bertz CT molecular complexity index is 568. The molecule has 0 saturated heterocycles. The lowest BCUT2D eigenvalue weighted by Gasteiger charge is -2.21. The van der Waals surface area contributed by atoms with Crippen molar-refractivity contribution in [1.82, 2.24) is 10.0 Å². The molecular formula is C13H20N2O4S2. The maximum Gasteiger partial charge on any atom is 0.251 e. The van der Waals surface area contributed by atoms with E-state index in [0.29, 0.717) is 5.56 Å². The molecule has 0 bridgehead atoms. The number of carbonyl (C=O) groups is 1. The molecule has 0 aliphatic carbocycles. The van der Waals surface area contributed by atoms with E-state index in [2.05, 4.69) is 10.0 Å². The Kier molecular flexibility index (Phi) is 6.66. The van der Waals surface area contributed by atoms with Gasteiger partial charge < -0.3 is 10.4 Å². The number of hydrogen-bond acceptors (Lipinski definition) is 5. The molecule has 0 aliphatic rings. The molecule has 0 spiro atoms. The van der Waals surface area contributed by atoms with Gasteiger partial charge in [-0.1, -0.05) is 0 Å². The number of rotatable bonds is 7. The summed E-state index contributed by atoms with van der Waals surface area (Å²) in [6.07, 6.45) is 1.81. The fourth-order valence-corrected chi connectivity index (χ4v) is 3.75. The van der Waals surface area contributed by atoms with E-state index in [1.807, 2.05) is 6.26 Å². The molecule has 0 heterocycles. The van der Waals surface area contributed by atoms with Gasteiger partial charge in [0.1, 0.15) is 0 Å². The zero-order valence-electron chi connectivity index (χ0n) is 12.2. The van der Waals surface area contributed by atoms with Crippen molar-refractivity contribution in [3.63, 3.8) is 0 Å². The summed E-state index contributed by atoms with van der Waals surface area (Å²) in [5.41, 5.74) is 0.391. The third-order valence-electron chi connectivity index (χ3n) is 3.04. The molecule has 1 amide bonds. The number of benzene rings is 1. The first-order chi connectivity index (χ1) is 9.85. The summed E-state index contributed by atoms with van der Waals surface area (Å²) in [6.45, 7) is 1.59. The highest BCUT2D eigenvalue weighted by Gasteiger charge is 2.23. The highest BCUT2D eigenvalue weighted by Crippen LogP contribution is 2.15. The Morgan fingerprint density at radius 3 is 2.33 bits per heavy atom. The molecule has 0 saturated carbocycles. The van der Waals surface area contributed by atoms with Gasteiger partial charge in [0, 0.05) is 23.9 Å². The Labute approximate surface area is 129 Å². The lowest BCUT2D eigenvalue weighted by molar-refractivity contribution is 0.0963. The van der Waals surface area contributed by atoms with Crippen LogP contribution in [0.4, 0.5) is 0 Å². The second-order valence-electron chi connectivity index (χ2n) is 4.47. The molecule has 118 valence electrons. The third-order valence-corrected chi connectivity index (χ3v) is 5.77. The molecular weight excluding hydrogens is 312 g/mol. The number of aliphatic hydroxyl groups excluding tert-OH is 1. The van der Waals surface area contributed by atoms with Gasteiger partial charge in [-0.05, 0) is 37.4 Å². The maximum atomic E-state index is 12.2. The van der Waals surface area contributed by atoms with E-state index in [1.165, 1.54) is 43.1 Å². The number of thioether (sulfide) groups is 1. The molecule has 3 N–H and O–H groups in total. The largest absolute Gasteiger partial charge is 0.395 e. The van der Waals surface area contributed by atoms with Crippen LogP contribution >= 0.6 is 11.8 Å². The van der Waals surface area contributed by atoms with E-state index in [9.17, 15) is 18.3 Å². The van der Waals surface area contributed by atoms with Crippen LogP contribution in [0.25, 0.3) is 0 Å². The first kappa shape index (κ1) is 18.0. The van der Waals surface area contributed by atoms with Gasteiger partial charge in [-0.25, -0.2) is 13.1 Å². The lowest BCUT2D eigenvalue weighted by Crippen LogP contribution is -2.41. The van der Waals surface area contributed by atoms with Crippen molar-refractivity contribution in [3.8, 4) is 0 Å². The summed E-state index contributed by atoms with van der Waals surface area (Å²) in [6, 6.07) is 5.26. The van der Waals surface area contributed by atoms with Gasteiger partial charge in [0.15, 0.2) is 0 Å². The normalized spacial score (nSPS) is 14.5. The van der Waals surface area contributed by atoms with Crippen molar-refractivity contribution in [2.24, 2.45) is 0 Å². The van der Waals surface area contributed by atoms with Crippen LogP contribution in [0.3, 0.4) is 0 Å². The number of sulfonamides is 1. The maximum absolute atomic E-state index is 12.2. The predicted octanol–water partition coefficient (Wildman–Crippen LogP) is 0.437. The highest BCUT2D eigenvalue weighted by atomic mass is 32.2. The minimum Gasteiger partial charge on any atom is -0.395 e. The molecule has 6 nitrogen and oxygen atoms in total. The fourth-order valence-electron chi connectivity index (χ4n) is 1.76. The van der Waals surface area contributed by atoms with E-state index in [4.69, 9.17) is 0 Å². The van der Waals surface area contributed by atoms with Gasteiger partial charge in [-0.2, -0.15) is 11.8 Å². The van der Waals surface area contributed by atoms with Crippen LogP contribution in [-0.2, 0) is 10.0 Å². The minimum atomic E-state index is -3.68. The van der Waals surface area contributed by atoms with Crippen LogP contribution in [0.15, 0.2) is 29.2 Å². The molecule has 1 aromatic rings. The van der Waals surface area contributed by atoms with Crippen molar-refractivity contribution in [2.45, 2.75) is 23.1 Å². The van der Waals surface area contributed by atoms with Gasteiger partial charge in [-0.3, -0.25) is 4.79 Å². The van der Waals surface area contributed by atoms with Crippen LogP contribution in [0.5, 0.6) is 0 Å². The Hall–Kier alpha value is -1.09. The SMILES string of the molecule is CNC(=O)c1ccc(S(=O)(=O)NC(C)C(CO)SC)cc1. The summed E-state index contributed by atoms with van der Waals surface area (Å²) in [4.78, 5) is 11.5. The molecule has 21 heavy (non-hydrogen) atoms. The van der Waals surface area contributed by atoms with Gasteiger partial charge >= 0.3 is 0 Å². The first-order valence-corrected chi connectivity index (χ1v) is 9.11. The molecule has 1 rings (SSSR count). The second-order valence-corrected chi connectivity index (χ2v) is 7.26. The van der Waals surface area contributed by atoms with Crippen LogP contribution in [-0.4, -0.2) is 50.6 Å². The third kappa shape index (κ3) is 4.70. The lowest BCUT2D eigenvalue weighted by atomic mass is 10.2. The Morgan fingerprint density at radius 1 is 1.33 bits per heavy atom. The number of aliphatic hydroxyl groups is 1. The molecule has 8 heteroatoms. The molecule has 2 atom stereocenters. The zero-order chi connectivity index (χ0) is 16.0. The number of nitrogens with one attached hydrogen (secondary N) is 2. The summed E-state index contributed by atoms with van der Waals surface area (Å²) in [5.74, 6) is -0.275. The van der Waals surface area contributed by atoms with Crippen LogP contribution in [0, 0.1) is 0 Å². The summed E-state index contributed by atoms with van der Waals surface area (Å²) < 4.78 is 27.0. The second kappa shape index (κ2) is 7.79. The standard InChI is InChI=1S/C13H20N2O4S2/c1-9(12(8-16)20-3)15-21(18,19)11-6-4-10(5-7-11)13(17)14-2/h4-7,9,12,15-16H,8H2,1-3H3,(H,14,17). The Morgan fingerprint density at radius 2 is 1.90 bits per heavy atom. The van der Waals surface area contributed by atoms with E-state index in [-0.39, 0.29) is 22.7 Å². The van der Waals surface area contributed by atoms with Gasteiger partial charge in [0.05, 0.1) is 11.5 Å². The molecule has 0 aliphatic heterocycles. The van der Waals surface area contributed by atoms with Crippen molar-refractivity contribution < 1.29 is 18.3 Å². The zero-order valence-corrected chi connectivity index (χ0v) is 13.8. The van der Waals surface area contributed by atoms with Crippen molar-refractivity contribution in [1.29, 1.82) is 0 Å². The average molecular weight is 332 g/mol. The minimum absolute atomic E-state index is 0.0831. The monoisotopic (exact) mass is 332 g/mol. The first-order valence-electron chi connectivity index (χ1n) is 6.33. The molecule has 2 unspecified atom stereocenters. The molecule has 0 fully saturated rings. The Balaban J connectivity index is 2.90. The van der Waals surface area contributed by atoms with Crippen molar-refractivity contribution in [2.75, 3.05) is 19.9 Å². The van der Waals surface area contributed by atoms with Gasteiger partial charge in [0.2, 0.25) is 10.0 Å². The van der Waals surface area contributed by atoms with Crippen LogP contribution in [0.1, 0.15) is 17.3 Å². The van der Waals surface area contributed by atoms with E-state index in [1.54, 1.807) is 6.92 Å². The summed E-state index contributed by atoms with van der Waals surface area (Å²) >= 11 is 1.39. The van der Waals surface area contributed by atoms with Crippen molar-refractivity contribution in [3.05, 3.63) is 29.8 Å². The highest BCUT2D eigenvalue weighted by molar-refractivity contribution is 7.99. The smallest absolute Gasteiger partial charge is 0.251 e. The number of amides is 1. The number of hydrogen-bond donors (Lipinski definition) is 3. The van der Waals surface area contributed by atoms with Gasteiger partial charge in [-0.15, -0.1) is 0 Å². The quantitative estimate of drug-likeness (QED) is 0.673. The van der Waals surface area contributed by atoms with E-state index in [0.717, 1.165) is 0 Å². The van der Waals surface area contributed by atoms with Crippen LogP contribution < -0.4 is 10.0 Å². The molecule has 0 aromatic heterocycles. The summed E-state index contributed by atoms with van der Waals surface area (Å²) in [5, 5.41) is 11.4. The predicted molar refractivity (Wildman–Crippen MR) is 84.0 cm³/mol.